The number of halogens is 2. The van der Waals surface area contributed by atoms with Crippen molar-refractivity contribution in [2.75, 3.05) is 19.4 Å². The zero-order valence-corrected chi connectivity index (χ0v) is 16.5. The van der Waals surface area contributed by atoms with Gasteiger partial charge in [-0.25, -0.2) is 4.79 Å². The Balaban J connectivity index is 1.73. The van der Waals surface area contributed by atoms with Crippen LogP contribution in [0.2, 0.25) is 0 Å². The molecule has 0 aromatic heterocycles. The molecule has 1 unspecified atom stereocenters. The van der Waals surface area contributed by atoms with Crippen LogP contribution in [0, 0.1) is 0 Å². The van der Waals surface area contributed by atoms with Crippen LogP contribution in [0.1, 0.15) is 21.5 Å². The van der Waals surface area contributed by atoms with Crippen molar-refractivity contribution in [1.82, 2.24) is 5.32 Å². The molecule has 1 atom stereocenters. The Bertz CT molecular complexity index is 858. The van der Waals surface area contributed by atoms with Gasteiger partial charge in [0.25, 0.3) is 5.91 Å². The second-order valence-corrected chi connectivity index (χ2v) is 7.55. The van der Waals surface area contributed by atoms with Crippen molar-refractivity contribution in [1.29, 1.82) is 0 Å². The first-order chi connectivity index (χ1) is 13.8. The molecule has 2 aromatic rings. The molecular formula is C20H21F2NO5S. The third-order valence-electron chi connectivity index (χ3n) is 3.75. The molecule has 0 aliphatic rings. The first-order valence-electron chi connectivity index (χ1n) is 8.70. The number of carbonyl (C=O) groups excluding carboxylic acids is 2. The summed E-state index contributed by atoms with van der Waals surface area (Å²) in [4.78, 5) is 23.9. The van der Waals surface area contributed by atoms with Gasteiger partial charge in [-0.15, -0.1) is 0 Å². The van der Waals surface area contributed by atoms with Gasteiger partial charge in [-0.2, -0.15) is 8.78 Å². The standard InChI is InChI=1S/C20H21F2NO5S/c1-29(26)13-15-3-2-4-16(11-15)19(25)27-12-18(24)23-10-9-14-5-7-17(8-6-14)28-20(21)22/h2-8,11,20H,9-10,12-13H2,1H3,(H,23,24). The van der Waals surface area contributed by atoms with Crippen molar-refractivity contribution in [3.8, 4) is 5.75 Å². The zero-order chi connectivity index (χ0) is 21.2. The molecule has 0 aliphatic heterocycles. The Morgan fingerprint density at radius 1 is 1.10 bits per heavy atom. The lowest BCUT2D eigenvalue weighted by atomic mass is 10.1. The number of amides is 1. The Hall–Kier alpha value is -2.81. The van der Waals surface area contributed by atoms with Crippen molar-refractivity contribution in [3.05, 3.63) is 65.2 Å². The maximum absolute atomic E-state index is 12.1. The van der Waals surface area contributed by atoms with E-state index in [4.69, 9.17) is 4.74 Å². The number of benzene rings is 2. The number of rotatable bonds is 10. The van der Waals surface area contributed by atoms with Crippen molar-refractivity contribution in [2.45, 2.75) is 18.8 Å². The molecule has 0 spiro atoms. The van der Waals surface area contributed by atoms with Gasteiger partial charge < -0.3 is 14.8 Å². The highest BCUT2D eigenvalue weighted by Gasteiger charge is 2.11. The fraction of sp³-hybridized carbons (Fsp3) is 0.300. The maximum atomic E-state index is 12.1. The summed E-state index contributed by atoms with van der Waals surface area (Å²) in [7, 11) is -1.03. The summed E-state index contributed by atoms with van der Waals surface area (Å²) in [5, 5.41) is 2.61. The molecule has 1 N–H and O–H groups in total. The van der Waals surface area contributed by atoms with Gasteiger partial charge in [-0.05, 0) is 41.8 Å². The lowest BCUT2D eigenvalue weighted by molar-refractivity contribution is -0.124. The summed E-state index contributed by atoms with van der Waals surface area (Å²) in [5.74, 6) is -0.703. The number of alkyl halides is 2. The largest absolute Gasteiger partial charge is 0.452 e. The average molecular weight is 425 g/mol. The van der Waals surface area contributed by atoms with Crippen LogP contribution in [0.4, 0.5) is 8.78 Å². The third kappa shape index (κ3) is 8.39. The second kappa shape index (κ2) is 11.3. The van der Waals surface area contributed by atoms with Crippen LogP contribution in [0.25, 0.3) is 0 Å². The molecule has 0 bridgehead atoms. The minimum absolute atomic E-state index is 0.0638. The fourth-order valence-corrected chi connectivity index (χ4v) is 3.12. The maximum Gasteiger partial charge on any atom is 0.387 e. The predicted molar refractivity (Wildman–Crippen MR) is 104 cm³/mol. The minimum atomic E-state index is -2.87. The van der Waals surface area contributed by atoms with Crippen LogP contribution in [0.3, 0.4) is 0 Å². The fourth-order valence-electron chi connectivity index (χ4n) is 2.47. The SMILES string of the molecule is CS(=O)Cc1cccc(C(=O)OCC(=O)NCCc2ccc(OC(F)F)cc2)c1. The number of hydrogen-bond donors (Lipinski definition) is 1. The number of hydrogen-bond acceptors (Lipinski definition) is 5. The molecule has 2 aromatic carbocycles. The average Bonchev–Trinajstić information content (AvgIpc) is 2.67. The second-order valence-electron chi connectivity index (χ2n) is 6.12. The molecule has 6 nitrogen and oxygen atoms in total. The molecule has 0 saturated carbocycles. The van der Waals surface area contributed by atoms with Crippen LogP contribution in [-0.2, 0) is 32.5 Å². The van der Waals surface area contributed by atoms with Gasteiger partial charge >= 0.3 is 12.6 Å². The minimum Gasteiger partial charge on any atom is -0.452 e. The first kappa shape index (κ1) is 22.5. The van der Waals surface area contributed by atoms with Gasteiger partial charge in [0.15, 0.2) is 6.61 Å². The Labute approximate surface area is 169 Å². The van der Waals surface area contributed by atoms with Gasteiger partial charge in [-0.1, -0.05) is 24.3 Å². The van der Waals surface area contributed by atoms with E-state index in [0.717, 1.165) is 11.1 Å². The van der Waals surface area contributed by atoms with Crippen molar-refractivity contribution >= 4 is 22.7 Å². The summed E-state index contributed by atoms with van der Waals surface area (Å²) in [6.45, 7) is -3.01. The third-order valence-corrected chi connectivity index (χ3v) is 4.49. The van der Waals surface area contributed by atoms with Crippen molar-refractivity contribution in [3.63, 3.8) is 0 Å². The highest BCUT2D eigenvalue weighted by molar-refractivity contribution is 7.83. The van der Waals surface area contributed by atoms with E-state index in [-0.39, 0.29) is 11.3 Å². The Morgan fingerprint density at radius 3 is 2.48 bits per heavy atom. The number of ether oxygens (including phenoxy) is 2. The van der Waals surface area contributed by atoms with Gasteiger partial charge in [0.1, 0.15) is 5.75 Å². The van der Waals surface area contributed by atoms with Crippen LogP contribution >= 0.6 is 0 Å². The molecule has 2 rings (SSSR count). The van der Waals surface area contributed by atoms with E-state index in [1.54, 1.807) is 42.7 Å². The summed E-state index contributed by atoms with van der Waals surface area (Å²) in [5.41, 5.74) is 1.86. The van der Waals surface area contributed by atoms with E-state index in [0.29, 0.717) is 18.7 Å². The Kier molecular flexibility index (Phi) is 8.72. The lowest BCUT2D eigenvalue weighted by Gasteiger charge is -2.08. The highest BCUT2D eigenvalue weighted by atomic mass is 32.2. The molecule has 156 valence electrons. The van der Waals surface area contributed by atoms with Crippen molar-refractivity contribution < 1.29 is 32.1 Å². The first-order valence-corrected chi connectivity index (χ1v) is 10.4. The van der Waals surface area contributed by atoms with E-state index in [2.05, 4.69) is 10.1 Å². The molecule has 0 fully saturated rings. The molecule has 29 heavy (non-hydrogen) atoms. The molecule has 0 radical (unpaired) electrons. The number of nitrogens with one attached hydrogen (secondary N) is 1. The summed E-state index contributed by atoms with van der Waals surface area (Å²) < 4.78 is 44.7. The molecular weight excluding hydrogens is 404 g/mol. The quantitative estimate of drug-likeness (QED) is 0.592. The van der Waals surface area contributed by atoms with Crippen LogP contribution in [0.15, 0.2) is 48.5 Å². The van der Waals surface area contributed by atoms with Crippen LogP contribution in [0.5, 0.6) is 5.75 Å². The van der Waals surface area contributed by atoms with Crippen molar-refractivity contribution in [2.24, 2.45) is 0 Å². The Morgan fingerprint density at radius 2 is 1.83 bits per heavy atom. The molecule has 0 heterocycles. The molecule has 0 aliphatic carbocycles. The monoisotopic (exact) mass is 425 g/mol. The summed E-state index contributed by atoms with van der Waals surface area (Å²) in [6.07, 6.45) is 2.05. The highest BCUT2D eigenvalue weighted by Crippen LogP contribution is 2.15. The van der Waals surface area contributed by atoms with Gasteiger partial charge in [-0.3, -0.25) is 9.00 Å². The van der Waals surface area contributed by atoms with E-state index in [1.165, 1.54) is 12.1 Å². The van der Waals surface area contributed by atoms with Crippen LogP contribution < -0.4 is 10.1 Å². The summed E-state index contributed by atoms with van der Waals surface area (Å²) >= 11 is 0. The van der Waals surface area contributed by atoms with Gasteiger partial charge in [0.2, 0.25) is 0 Å². The zero-order valence-electron chi connectivity index (χ0n) is 15.7. The number of esters is 1. The normalized spacial score (nSPS) is 11.7. The van der Waals surface area contributed by atoms with E-state index >= 15 is 0 Å². The van der Waals surface area contributed by atoms with E-state index < -0.39 is 35.9 Å². The smallest absolute Gasteiger partial charge is 0.387 e. The van der Waals surface area contributed by atoms with E-state index in [9.17, 15) is 22.6 Å². The lowest BCUT2D eigenvalue weighted by Crippen LogP contribution is -2.30. The van der Waals surface area contributed by atoms with Gasteiger partial charge in [0.05, 0.1) is 5.56 Å². The molecule has 1 amide bonds. The van der Waals surface area contributed by atoms with Gasteiger partial charge in [0, 0.05) is 29.4 Å². The summed E-state index contributed by atoms with van der Waals surface area (Å²) in [6, 6.07) is 12.7. The van der Waals surface area contributed by atoms with Crippen LogP contribution in [-0.4, -0.2) is 42.1 Å². The van der Waals surface area contributed by atoms with E-state index in [1.807, 2.05) is 0 Å². The number of carbonyl (C=O) groups is 2. The molecule has 9 heteroatoms. The predicted octanol–water partition coefficient (Wildman–Crippen LogP) is 2.68. The topological polar surface area (TPSA) is 81.7 Å². The molecule has 0 saturated heterocycles.